The van der Waals surface area contributed by atoms with Crippen molar-refractivity contribution in [2.24, 2.45) is 5.10 Å². The fourth-order valence-electron chi connectivity index (χ4n) is 3.51. The van der Waals surface area contributed by atoms with Gasteiger partial charge in [0.25, 0.3) is 5.56 Å². The van der Waals surface area contributed by atoms with Gasteiger partial charge in [0.15, 0.2) is 0 Å². The van der Waals surface area contributed by atoms with Crippen LogP contribution in [0.5, 0.6) is 5.75 Å². The molecule has 7 heteroatoms. The summed E-state index contributed by atoms with van der Waals surface area (Å²) in [6.45, 7) is 7.29. The third-order valence-corrected chi connectivity index (χ3v) is 5.46. The van der Waals surface area contributed by atoms with Crippen molar-refractivity contribution in [1.82, 2.24) is 9.66 Å². The third-order valence-electron chi connectivity index (χ3n) is 4.97. The number of ether oxygens (including phenoxy) is 1. The summed E-state index contributed by atoms with van der Waals surface area (Å²) in [4.78, 5) is 29.8. The van der Waals surface area contributed by atoms with E-state index in [1.807, 2.05) is 63.2 Å². The van der Waals surface area contributed by atoms with E-state index in [2.05, 4.69) is 21.0 Å². The Morgan fingerprint density at radius 1 is 1.09 bits per heavy atom. The van der Waals surface area contributed by atoms with E-state index in [4.69, 9.17) is 9.72 Å². The zero-order chi connectivity index (χ0) is 23.0. The lowest BCUT2D eigenvalue weighted by molar-refractivity contribution is -0.131. The first-order chi connectivity index (χ1) is 15.1. The molecule has 0 spiro atoms. The highest BCUT2D eigenvalue weighted by atomic mass is 79.9. The largest absolute Gasteiger partial charge is 0.426 e. The summed E-state index contributed by atoms with van der Waals surface area (Å²) in [6, 6.07) is 16.7. The smallest absolute Gasteiger partial charge is 0.308 e. The molecule has 0 N–H and O–H groups in total. The molecule has 0 aliphatic carbocycles. The highest BCUT2D eigenvalue weighted by Crippen LogP contribution is 2.28. The van der Waals surface area contributed by atoms with E-state index >= 15 is 0 Å². The first kappa shape index (κ1) is 21.9. The number of aromatic nitrogens is 2. The molecule has 0 radical (unpaired) electrons. The van der Waals surface area contributed by atoms with Crippen LogP contribution in [0, 0.1) is 0 Å². The maximum Gasteiger partial charge on any atom is 0.308 e. The molecular formula is C25H22BrN3O3. The number of esters is 1. The fraction of sp³-hybridized carbons (Fsp3) is 0.200. The van der Waals surface area contributed by atoms with Gasteiger partial charge in [-0.25, -0.2) is 4.98 Å². The van der Waals surface area contributed by atoms with E-state index in [9.17, 15) is 9.59 Å². The molecule has 0 fully saturated rings. The van der Waals surface area contributed by atoms with Crippen LogP contribution in [0.3, 0.4) is 0 Å². The van der Waals surface area contributed by atoms with E-state index in [1.165, 1.54) is 11.6 Å². The Labute approximate surface area is 193 Å². The zero-order valence-electron chi connectivity index (χ0n) is 18.2. The number of carbonyl (C=O) groups excluding carboxylic acids is 1. The minimum atomic E-state index is -0.435. The molecular weight excluding hydrogens is 470 g/mol. The summed E-state index contributed by atoms with van der Waals surface area (Å²) in [5, 5.41) is 6.84. The second-order valence-electron chi connectivity index (χ2n) is 8.50. The highest BCUT2D eigenvalue weighted by Gasteiger charge is 2.23. The zero-order valence-corrected chi connectivity index (χ0v) is 19.8. The van der Waals surface area contributed by atoms with E-state index < -0.39 is 11.4 Å². The van der Waals surface area contributed by atoms with Crippen molar-refractivity contribution in [2.45, 2.75) is 33.1 Å². The highest BCUT2D eigenvalue weighted by molar-refractivity contribution is 9.10. The molecule has 3 aromatic carbocycles. The van der Waals surface area contributed by atoms with Gasteiger partial charge in [-0.05, 0) is 35.0 Å². The molecule has 162 valence electrons. The Bertz CT molecular complexity index is 1450. The topological polar surface area (TPSA) is 73.5 Å². The monoisotopic (exact) mass is 491 g/mol. The second kappa shape index (κ2) is 8.31. The van der Waals surface area contributed by atoms with Gasteiger partial charge in [-0.2, -0.15) is 9.78 Å². The van der Waals surface area contributed by atoms with Gasteiger partial charge < -0.3 is 4.74 Å². The molecule has 0 aliphatic heterocycles. The van der Waals surface area contributed by atoms with E-state index in [0.29, 0.717) is 28.0 Å². The van der Waals surface area contributed by atoms with Crippen LogP contribution in [0.1, 0.15) is 39.1 Å². The SMILES string of the molecule is CC(=O)Oc1ccc2ccccc2c1C=Nn1c(C(C)(C)C)nc2ccc(Br)cc2c1=O. The molecule has 0 amide bonds. The van der Waals surface area contributed by atoms with Crippen molar-refractivity contribution in [3.8, 4) is 5.75 Å². The molecule has 0 aliphatic rings. The standard InChI is InChI=1S/C25H22BrN3O3/c1-15(30)32-22-12-9-16-7-5-6-8-18(16)20(22)14-27-29-23(31)19-13-17(26)10-11-21(19)28-24(29)25(2,3)4/h5-14H,1-4H3. The molecule has 0 atom stereocenters. The Morgan fingerprint density at radius 2 is 1.84 bits per heavy atom. The summed E-state index contributed by atoms with van der Waals surface area (Å²) in [5.74, 6) is 0.476. The lowest BCUT2D eigenvalue weighted by Gasteiger charge is -2.21. The predicted molar refractivity (Wildman–Crippen MR) is 131 cm³/mol. The summed E-state index contributed by atoms with van der Waals surface area (Å²) >= 11 is 3.42. The van der Waals surface area contributed by atoms with Crippen molar-refractivity contribution >= 4 is 49.8 Å². The maximum absolute atomic E-state index is 13.4. The summed E-state index contributed by atoms with van der Waals surface area (Å²) in [6.07, 6.45) is 1.56. The van der Waals surface area contributed by atoms with Crippen molar-refractivity contribution in [3.63, 3.8) is 0 Å². The number of carbonyl (C=O) groups is 1. The van der Waals surface area contributed by atoms with Crippen LogP contribution in [0.25, 0.3) is 21.7 Å². The van der Waals surface area contributed by atoms with Gasteiger partial charge in [-0.15, -0.1) is 0 Å². The molecule has 0 unspecified atom stereocenters. The van der Waals surface area contributed by atoms with Crippen LogP contribution in [0.15, 0.2) is 69.0 Å². The molecule has 1 aromatic heterocycles. The van der Waals surface area contributed by atoms with Crippen molar-refractivity contribution in [1.29, 1.82) is 0 Å². The average Bonchev–Trinajstić information content (AvgIpc) is 2.73. The Hall–Kier alpha value is -3.32. The molecule has 4 aromatic rings. The molecule has 4 rings (SSSR count). The number of rotatable bonds is 3. The molecule has 0 saturated heterocycles. The molecule has 1 heterocycles. The lowest BCUT2D eigenvalue weighted by atomic mass is 9.95. The summed E-state index contributed by atoms with van der Waals surface area (Å²) in [7, 11) is 0. The van der Waals surface area contributed by atoms with Crippen LogP contribution in [0.4, 0.5) is 0 Å². The molecule has 32 heavy (non-hydrogen) atoms. The van der Waals surface area contributed by atoms with Gasteiger partial charge in [0.1, 0.15) is 11.6 Å². The van der Waals surface area contributed by atoms with Crippen LogP contribution >= 0.6 is 15.9 Å². The summed E-state index contributed by atoms with van der Waals surface area (Å²) < 4.78 is 7.53. The first-order valence-corrected chi connectivity index (χ1v) is 10.9. The van der Waals surface area contributed by atoms with Crippen LogP contribution < -0.4 is 10.3 Å². The van der Waals surface area contributed by atoms with Gasteiger partial charge in [-0.3, -0.25) is 9.59 Å². The Morgan fingerprint density at radius 3 is 2.56 bits per heavy atom. The lowest BCUT2D eigenvalue weighted by Crippen LogP contribution is -2.29. The van der Waals surface area contributed by atoms with Crippen molar-refractivity contribution in [3.05, 3.63) is 80.8 Å². The number of nitrogens with zero attached hydrogens (tertiary/aromatic N) is 3. The second-order valence-corrected chi connectivity index (χ2v) is 9.42. The normalized spacial score (nSPS) is 12.0. The Kier molecular flexibility index (Phi) is 5.69. The molecule has 0 saturated carbocycles. The number of hydrogen-bond acceptors (Lipinski definition) is 5. The third kappa shape index (κ3) is 4.21. The number of benzene rings is 3. The van der Waals surface area contributed by atoms with Crippen LogP contribution in [0.2, 0.25) is 0 Å². The summed E-state index contributed by atoms with van der Waals surface area (Å²) in [5.41, 5.74) is 0.515. The van der Waals surface area contributed by atoms with E-state index in [0.717, 1.165) is 15.2 Å². The van der Waals surface area contributed by atoms with Crippen LogP contribution in [-0.4, -0.2) is 21.8 Å². The van der Waals surface area contributed by atoms with Gasteiger partial charge in [0, 0.05) is 22.4 Å². The van der Waals surface area contributed by atoms with Crippen molar-refractivity contribution < 1.29 is 9.53 Å². The minimum absolute atomic E-state index is 0.272. The average molecular weight is 492 g/mol. The van der Waals surface area contributed by atoms with E-state index in [1.54, 1.807) is 18.3 Å². The van der Waals surface area contributed by atoms with Gasteiger partial charge in [0.2, 0.25) is 0 Å². The predicted octanol–water partition coefficient (Wildman–Crippen LogP) is 5.42. The number of fused-ring (bicyclic) bond motifs is 2. The maximum atomic E-state index is 13.4. The fourth-order valence-corrected chi connectivity index (χ4v) is 3.87. The first-order valence-electron chi connectivity index (χ1n) is 10.1. The van der Waals surface area contributed by atoms with Gasteiger partial charge >= 0.3 is 5.97 Å². The molecule has 0 bridgehead atoms. The number of hydrogen-bond donors (Lipinski definition) is 0. The number of halogens is 1. The van der Waals surface area contributed by atoms with Gasteiger partial charge in [-0.1, -0.05) is 67.0 Å². The minimum Gasteiger partial charge on any atom is -0.426 e. The Balaban J connectivity index is 1.98. The van der Waals surface area contributed by atoms with E-state index in [-0.39, 0.29) is 5.56 Å². The quantitative estimate of drug-likeness (QED) is 0.218. The van der Waals surface area contributed by atoms with Crippen LogP contribution in [-0.2, 0) is 10.2 Å². The molecule has 6 nitrogen and oxygen atoms in total. The van der Waals surface area contributed by atoms with Gasteiger partial charge in [0.05, 0.1) is 17.1 Å². The van der Waals surface area contributed by atoms with Crippen molar-refractivity contribution in [2.75, 3.05) is 0 Å².